The van der Waals surface area contributed by atoms with Gasteiger partial charge in [0.25, 0.3) is 5.69 Å². The standard InChI is InChI=1S/C12H7BrN2O5/c13-7-6-14-5-4-9(7)20-10-3-1-2-8(15(18)19)11(10)12(16)17/h1-6H,(H,16,17). The van der Waals surface area contributed by atoms with E-state index in [0.717, 1.165) is 6.07 Å². The Kier molecular flexibility index (Phi) is 3.94. The fourth-order valence-corrected chi connectivity index (χ4v) is 1.87. The van der Waals surface area contributed by atoms with Crippen molar-refractivity contribution in [3.63, 3.8) is 0 Å². The molecule has 2 rings (SSSR count). The molecule has 0 saturated heterocycles. The highest BCUT2D eigenvalue weighted by Gasteiger charge is 2.25. The summed E-state index contributed by atoms with van der Waals surface area (Å²) in [4.78, 5) is 25.2. The minimum absolute atomic E-state index is 0.112. The maximum absolute atomic E-state index is 11.2. The minimum atomic E-state index is -1.43. The van der Waals surface area contributed by atoms with Gasteiger partial charge in [-0.25, -0.2) is 4.79 Å². The largest absolute Gasteiger partial charge is 0.477 e. The molecule has 0 atom stereocenters. The van der Waals surface area contributed by atoms with Crippen LogP contribution in [0.1, 0.15) is 10.4 Å². The number of halogens is 1. The van der Waals surface area contributed by atoms with Crippen LogP contribution in [0, 0.1) is 10.1 Å². The lowest BCUT2D eigenvalue weighted by Crippen LogP contribution is -2.05. The van der Waals surface area contributed by atoms with Crippen molar-refractivity contribution in [3.05, 3.63) is 56.8 Å². The van der Waals surface area contributed by atoms with Crippen LogP contribution < -0.4 is 4.74 Å². The lowest BCUT2D eigenvalue weighted by atomic mass is 10.1. The van der Waals surface area contributed by atoms with Gasteiger partial charge in [-0.3, -0.25) is 15.1 Å². The van der Waals surface area contributed by atoms with Crippen LogP contribution in [0.5, 0.6) is 11.5 Å². The average Bonchev–Trinajstić information content (AvgIpc) is 2.40. The van der Waals surface area contributed by atoms with Crippen molar-refractivity contribution in [2.24, 2.45) is 0 Å². The van der Waals surface area contributed by atoms with Gasteiger partial charge < -0.3 is 9.84 Å². The molecule has 0 saturated carbocycles. The molecule has 0 spiro atoms. The van der Waals surface area contributed by atoms with Crippen molar-refractivity contribution in [3.8, 4) is 11.5 Å². The molecular formula is C12H7BrN2O5. The Labute approximate surface area is 121 Å². The van der Waals surface area contributed by atoms with E-state index in [1.165, 1.54) is 30.6 Å². The number of benzene rings is 1. The van der Waals surface area contributed by atoms with Gasteiger partial charge in [-0.1, -0.05) is 6.07 Å². The Morgan fingerprint density at radius 2 is 2.10 bits per heavy atom. The zero-order valence-electron chi connectivity index (χ0n) is 9.82. The SMILES string of the molecule is O=C(O)c1c(Oc2ccncc2Br)cccc1[N+](=O)[O-]. The Bertz CT molecular complexity index is 689. The van der Waals surface area contributed by atoms with Crippen LogP contribution in [-0.4, -0.2) is 21.0 Å². The van der Waals surface area contributed by atoms with E-state index in [-0.39, 0.29) is 5.75 Å². The minimum Gasteiger partial charge on any atom is -0.477 e. The van der Waals surface area contributed by atoms with Crippen LogP contribution in [0.25, 0.3) is 0 Å². The van der Waals surface area contributed by atoms with Gasteiger partial charge in [-0.05, 0) is 22.0 Å². The third-order valence-electron chi connectivity index (χ3n) is 2.37. The van der Waals surface area contributed by atoms with E-state index in [0.29, 0.717) is 10.2 Å². The molecule has 102 valence electrons. The van der Waals surface area contributed by atoms with Crippen molar-refractivity contribution in [1.29, 1.82) is 0 Å². The monoisotopic (exact) mass is 338 g/mol. The molecule has 0 unspecified atom stereocenters. The van der Waals surface area contributed by atoms with Crippen molar-refractivity contribution >= 4 is 27.6 Å². The van der Waals surface area contributed by atoms with Gasteiger partial charge in [0.15, 0.2) is 5.56 Å². The molecule has 0 aliphatic rings. The van der Waals surface area contributed by atoms with Crippen LogP contribution in [0.15, 0.2) is 41.1 Å². The zero-order valence-corrected chi connectivity index (χ0v) is 11.4. The summed E-state index contributed by atoms with van der Waals surface area (Å²) in [5.41, 5.74) is -1.03. The van der Waals surface area contributed by atoms with Crippen LogP contribution in [0.4, 0.5) is 5.69 Å². The number of nitro groups is 1. The fraction of sp³-hybridized carbons (Fsp3) is 0. The number of hydrogen-bond acceptors (Lipinski definition) is 5. The molecule has 0 aliphatic heterocycles. The van der Waals surface area contributed by atoms with Gasteiger partial charge in [0, 0.05) is 24.5 Å². The lowest BCUT2D eigenvalue weighted by Gasteiger charge is -2.09. The normalized spacial score (nSPS) is 10.1. The number of rotatable bonds is 4. The first-order valence-electron chi connectivity index (χ1n) is 5.28. The molecule has 1 N–H and O–H groups in total. The molecule has 1 heterocycles. The number of hydrogen-bond donors (Lipinski definition) is 1. The molecule has 20 heavy (non-hydrogen) atoms. The molecule has 0 bridgehead atoms. The molecular weight excluding hydrogens is 332 g/mol. The summed E-state index contributed by atoms with van der Waals surface area (Å²) in [7, 11) is 0. The second kappa shape index (κ2) is 5.66. The third-order valence-corrected chi connectivity index (χ3v) is 2.97. The van der Waals surface area contributed by atoms with Gasteiger partial charge >= 0.3 is 5.97 Å². The number of carboxylic acids is 1. The number of carbonyl (C=O) groups is 1. The molecule has 8 heteroatoms. The fourth-order valence-electron chi connectivity index (χ4n) is 1.54. The predicted octanol–water partition coefficient (Wildman–Crippen LogP) is 3.24. The smallest absolute Gasteiger partial charge is 0.346 e. The van der Waals surface area contributed by atoms with Crippen molar-refractivity contribution in [2.45, 2.75) is 0 Å². The summed E-state index contributed by atoms with van der Waals surface area (Å²) < 4.78 is 5.92. The van der Waals surface area contributed by atoms with E-state index in [2.05, 4.69) is 20.9 Å². The van der Waals surface area contributed by atoms with E-state index in [1.807, 2.05) is 0 Å². The number of nitro benzene ring substituents is 1. The van der Waals surface area contributed by atoms with Crippen molar-refractivity contribution < 1.29 is 19.6 Å². The summed E-state index contributed by atoms with van der Waals surface area (Å²) in [6.45, 7) is 0. The Balaban J connectivity index is 2.52. The van der Waals surface area contributed by atoms with E-state index < -0.39 is 22.1 Å². The Morgan fingerprint density at radius 3 is 2.70 bits per heavy atom. The quantitative estimate of drug-likeness (QED) is 0.678. The van der Waals surface area contributed by atoms with Crippen LogP contribution >= 0.6 is 15.9 Å². The van der Waals surface area contributed by atoms with E-state index in [4.69, 9.17) is 9.84 Å². The lowest BCUT2D eigenvalue weighted by molar-refractivity contribution is -0.385. The molecule has 2 aromatic rings. The second-order valence-corrected chi connectivity index (χ2v) is 4.48. The van der Waals surface area contributed by atoms with Gasteiger partial charge in [0.05, 0.1) is 9.40 Å². The number of aromatic nitrogens is 1. The highest BCUT2D eigenvalue weighted by Crippen LogP contribution is 2.34. The maximum atomic E-state index is 11.2. The molecule has 7 nitrogen and oxygen atoms in total. The summed E-state index contributed by atoms with van der Waals surface area (Å²) in [5.74, 6) is -1.24. The summed E-state index contributed by atoms with van der Waals surface area (Å²) in [5, 5.41) is 20.0. The molecule has 1 aromatic heterocycles. The molecule has 0 radical (unpaired) electrons. The van der Waals surface area contributed by atoms with Crippen LogP contribution in [0.2, 0.25) is 0 Å². The van der Waals surface area contributed by atoms with Crippen molar-refractivity contribution in [2.75, 3.05) is 0 Å². The number of nitrogens with zero attached hydrogens (tertiary/aromatic N) is 2. The van der Waals surface area contributed by atoms with E-state index in [1.54, 1.807) is 0 Å². The molecule has 0 fully saturated rings. The van der Waals surface area contributed by atoms with E-state index in [9.17, 15) is 14.9 Å². The molecule has 1 aromatic carbocycles. The van der Waals surface area contributed by atoms with Crippen molar-refractivity contribution in [1.82, 2.24) is 4.98 Å². The van der Waals surface area contributed by atoms with Crippen LogP contribution in [0.3, 0.4) is 0 Å². The number of carboxylic acid groups (broad SMARTS) is 1. The summed E-state index contributed by atoms with van der Waals surface area (Å²) in [6.07, 6.45) is 2.92. The topological polar surface area (TPSA) is 103 Å². The first-order valence-corrected chi connectivity index (χ1v) is 6.08. The predicted molar refractivity (Wildman–Crippen MR) is 72.1 cm³/mol. The molecule has 0 amide bonds. The average molecular weight is 339 g/mol. The number of pyridine rings is 1. The highest BCUT2D eigenvalue weighted by molar-refractivity contribution is 9.10. The second-order valence-electron chi connectivity index (χ2n) is 3.62. The van der Waals surface area contributed by atoms with E-state index >= 15 is 0 Å². The third kappa shape index (κ3) is 2.75. The van der Waals surface area contributed by atoms with Gasteiger partial charge in [0.1, 0.15) is 11.5 Å². The first-order chi connectivity index (χ1) is 9.50. The number of ether oxygens (including phenoxy) is 1. The Hall–Kier alpha value is -2.48. The molecule has 0 aliphatic carbocycles. The van der Waals surface area contributed by atoms with Gasteiger partial charge in [-0.15, -0.1) is 0 Å². The first kappa shape index (κ1) is 13.9. The summed E-state index contributed by atoms with van der Waals surface area (Å²) >= 11 is 3.19. The van der Waals surface area contributed by atoms with Crippen LogP contribution in [-0.2, 0) is 0 Å². The zero-order chi connectivity index (χ0) is 14.7. The highest BCUT2D eigenvalue weighted by atomic mass is 79.9. The Morgan fingerprint density at radius 1 is 1.35 bits per heavy atom. The number of aromatic carboxylic acids is 1. The maximum Gasteiger partial charge on any atom is 0.346 e. The van der Waals surface area contributed by atoms with Gasteiger partial charge in [-0.2, -0.15) is 0 Å². The summed E-state index contributed by atoms with van der Waals surface area (Å²) in [6, 6.07) is 5.32. The van der Waals surface area contributed by atoms with Gasteiger partial charge in [0.2, 0.25) is 0 Å².